The zero-order valence-corrected chi connectivity index (χ0v) is 10.1. The van der Waals surface area contributed by atoms with Crippen molar-refractivity contribution >= 4 is 5.91 Å². The molecular formula is C11H22N2O3. The Bertz CT molecular complexity index is 246. The van der Waals surface area contributed by atoms with Gasteiger partial charge in [0.1, 0.15) is 0 Å². The van der Waals surface area contributed by atoms with Crippen LogP contribution in [0.4, 0.5) is 0 Å². The number of aliphatic hydroxyl groups is 1. The Morgan fingerprint density at radius 3 is 2.56 bits per heavy atom. The van der Waals surface area contributed by atoms with Crippen LogP contribution in [0.15, 0.2) is 0 Å². The summed E-state index contributed by atoms with van der Waals surface area (Å²) in [5.74, 6) is -0.186. The molecule has 16 heavy (non-hydrogen) atoms. The van der Waals surface area contributed by atoms with Gasteiger partial charge in [0.15, 0.2) is 0 Å². The molecular weight excluding hydrogens is 208 g/mol. The van der Waals surface area contributed by atoms with Crippen LogP contribution in [0.25, 0.3) is 0 Å². The number of rotatable bonds is 4. The third kappa shape index (κ3) is 2.93. The molecule has 4 N–H and O–H groups in total. The summed E-state index contributed by atoms with van der Waals surface area (Å²) in [6, 6.07) is 0. The van der Waals surface area contributed by atoms with Gasteiger partial charge in [-0.3, -0.25) is 4.79 Å². The van der Waals surface area contributed by atoms with Crippen LogP contribution in [0.1, 0.15) is 33.1 Å². The van der Waals surface area contributed by atoms with E-state index in [1.807, 2.05) is 13.8 Å². The van der Waals surface area contributed by atoms with Gasteiger partial charge in [-0.15, -0.1) is 0 Å². The zero-order chi connectivity index (χ0) is 12.2. The topological polar surface area (TPSA) is 84.6 Å². The fourth-order valence-electron chi connectivity index (χ4n) is 1.60. The molecule has 0 saturated carbocycles. The molecule has 1 heterocycles. The van der Waals surface area contributed by atoms with Crippen molar-refractivity contribution in [3.8, 4) is 0 Å². The number of nitrogens with one attached hydrogen (secondary N) is 1. The Balaban J connectivity index is 2.63. The van der Waals surface area contributed by atoms with E-state index in [-0.39, 0.29) is 12.5 Å². The number of aliphatic hydroxyl groups excluding tert-OH is 1. The smallest absolute Gasteiger partial charge is 0.240 e. The second-order valence-corrected chi connectivity index (χ2v) is 4.79. The zero-order valence-electron chi connectivity index (χ0n) is 10.1. The highest BCUT2D eigenvalue weighted by molar-refractivity contribution is 5.86. The number of carbonyl (C=O) groups is 1. The minimum Gasteiger partial charge on any atom is -0.394 e. The van der Waals surface area contributed by atoms with Gasteiger partial charge in [0.2, 0.25) is 5.91 Å². The first kappa shape index (κ1) is 13.4. The molecule has 0 spiro atoms. The van der Waals surface area contributed by atoms with Crippen LogP contribution in [0.3, 0.4) is 0 Å². The van der Waals surface area contributed by atoms with Gasteiger partial charge in [0.05, 0.1) is 17.7 Å². The maximum atomic E-state index is 12.1. The highest BCUT2D eigenvalue weighted by Crippen LogP contribution is 2.19. The van der Waals surface area contributed by atoms with Crippen molar-refractivity contribution in [1.29, 1.82) is 0 Å². The van der Waals surface area contributed by atoms with E-state index in [1.54, 1.807) is 0 Å². The molecule has 0 aromatic rings. The molecule has 0 bridgehead atoms. The van der Waals surface area contributed by atoms with Crippen molar-refractivity contribution < 1.29 is 14.6 Å². The summed E-state index contributed by atoms with van der Waals surface area (Å²) in [4.78, 5) is 12.1. The molecule has 1 amide bonds. The van der Waals surface area contributed by atoms with E-state index in [9.17, 15) is 9.90 Å². The first-order valence-corrected chi connectivity index (χ1v) is 5.76. The van der Waals surface area contributed by atoms with Crippen LogP contribution in [0, 0.1) is 0 Å². The fraction of sp³-hybridized carbons (Fsp3) is 0.909. The Hall–Kier alpha value is -0.650. The van der Waals surface area contributed by atoms with Crippen molar-refractivity contribution in [1.82, 2.24) is 5.32 Å². The van der Waals surface area contributed by atoms with E-state index in [4.69, 9.17) is 10.5 Å². The number of amides is 1. The maximum Gasteiger partial charge on any atom is 0.240 e. The third-order valence-electron chi connectivity index (χ3n) is 3.38. The van der Waals surface area contributed by atoms with E-state index in [1.165, 1.54) is 0 Å². The number of nitrogens with two attached hydrogens (primary N) is 1. The Kier molecular flexibility index (Phi) is 4.29. The quantitative estimate of drug-likeness (QED) is 0.623. The van der Waals surface area contributed by atoms with E-state index in [2.05, 4.69) is 5.32 Å². The molecule has 94 valence electrons. The summed E-state index contributed by atoms with van der Waals surface area (Å²) < 4.78 is 5.19. The van der Waals surface area contributed by atoms with Gasteiger partial charge < -0.3 is 20.9 Å². The molecule has 0 radical (unpaired) electrons. The number of hydrogen-bond acceptors (Lipinski definition) is 4. The number of hydrogen-bond donors (Lipinski definition) is 3. The summed E-state index contributed by atoms with van der Waals surface area (Å²) in [6.45, 7) is 4.69. The molecule has 1 unspecified atom stereocenters. The Labute approximate surface area is 96.3 Å². The molecule has 1 aliphatic rings. The highest BCUT2D eigenvalue weighted by atomic mass is 16.5. The molecule has 1 saturated heterocycles. The number of ether oxygens (including phenoxy) is 1. The summed E-state index contributed by atoms with van der Waals surface area (Å²) >= 11 is 0. The lowest BCUT2D eigenvalue weighted by atomic mass is 9.88. The molecule has 0 aromatic heterocycles. The van der Waals surface area contributed by atoms with Crippen LogP contribution in [-0.2, 0) is 9.53 Å². The molecule has 0 aromatic carbocycles. The maximum absolute atomic E-state index is 12.1. The van der Waals surface area contributed by atoms with Gasteiger partial charge in [0.25, 0.3) is 0 Å². The Morgan fingerprint density at radius 1 is 1.56 bits per heavy atom. The fourth-order valence-corrected chi connectivity index (χ4v) is 1.60. The molecule has 1 atom stereocenters. The van der Waals surface area contributed by atoms with Gasteiger partial charge in [-0.1, -0.05) is 6.92 Å². The van der Waals surface area contributed by atoms with Crippen LogP contribution in [-0.4, -0.2) is 41.9 Å². The van der Waals surface area contributed by atoms with Crippen molar-refractivity contribution in [2.45, 2.75) is 44.2 Å². The molecule has 1 fully saturated rings. The minimum atomic E-state index is -0.843. The Morgan fingerprint density at radius 2 is 2.12 bits per heavy atom. The summed E-state index contributed by atoms with van der Waals surface area (Å²) in [5.41, 5.74) is 4.62. The summed E-state index contributed by atoms with van der Waals surface area (Å²) in [6.07, 6.45) is 1.73. The van der Waals surface area contributed by atoms with Gasteiger partial charge in [-0.05, 0) is 26.2 Å². The molecule has 1 rings (SSSR count). The molecule has 5 heteroatoms. The van der Waals surface area contributed by atoms with Crippen LogP contribution in [0.5, 0.6) is 0 Å². The number of carbonyl (C=O) groups excluding carboxylic acids is 1. The van der Waals surface area contributed by atoms with E-state index in [0.717, 1.165) is 0 Å². The van der Waals surface area contributed by atoms with Gasteiger partial charge >= 0.3 is 0 Å². The van der Waals surface area contributed by atoms with Gasteiger partial charge in [-0.2, -0.15) is 0 Å². The monoisotopic (exact) mass is 230 g/mol. The van der Waals surface area contributed by atoms with E-state index in [0.29, 0.717) is 32.5 Å². The van der Waals surface area contributed by atoms with Crippen LogP contribution in [0.2, 0.25) is 0 Å². The van der Waals surface area contributed by atoms with Crippen molar-refractivity contribution in [3.05, 3.63) is 0 Å². The second-order valence-electron chi connectivity index (χ2n) is 4.79. The normalized spacial score (nSPS) is 23.5. The van der Waals surface area contributed by atoms with Crippen molar-refractivity contribution in [2.24, 2.45) is 5.73 Å². The summed E-state index contributed by atoms with van der Waals surface area (Å²) in [7, 11) is 0. The molecule has 5 nitrogen and oxygen atoms in total. The molecule has 1 aliphatic heterocycles. The highest BCUT2D eigenvalue weighted by Gasteiger charge is 2.38. The van der Waals surface area contributed by atoms with Crippen LogP contribution >= 0.6 is 0 Å². The van der Waals surface area contributed by atoms with Crippen molar-refractivity contribution in [3.63, 3.8) is 0 Å². The lowest BCUT2D eigenvalue weighted by molar-refractivity contribution is -0.132. The predicted molar refractivity (Wildman–Crippen MR) is 60.9 cm³/mol. The predicted octanol–water partition coefficient (Wildman–Crippen LogP) is -0.228. The first-order valence-electron chi connectivity index (χ1n) is 5.76. The van der Waals surface area contributed by atoms with E-state index >= 15 is 0 Å². The van der Waals surface area contributed by atoms with Crippen molar-refractivity contribution in [2.75, 3.05) is 19.8 Å². The van der Waals surface area contributed by atoms with E-state index < -0.39 is 11.1 Å². The standard InChI is InChI=1S/C11H22N2O3/c1-3-10(2,8-14)13-9(15)11(12)4-6-16-7-5-11/h14H,3-8,12H2,1-2H3,(H,13,15). The minimum absolute atomic E-state index is 0.0815. The SMILES string of the molecule is CCC(C)(CO)NC(=O)C1(N)CCOCC1. The van der Waals surface area contributed by atoms with Gasteiger partial charge in [-0.25, -0.2) is 0 Å². The third-order valence-corrected chi connectivity index (χ3v) is 3.38. The lowest BCUT2D eigenvalue weighted by Gasteiger charge is -2.36. The average Bonchev–Trinajstić information content (AvgIpc) is 2.30. The van der Waals surface area contributed by atoms with Crippen LogP contribution < -0.4 is 11.1 Å². The largest absolute Gasteiger partial charge is 0.394 e. The first-order chi connectivity index (χ1) is 7.46. The average molecular weight is 230 g/mol. The molecule has 0 aliphatic carbocycles. The second kappa shape index (κ2) is 5.12. The lowest BCUT2D eigenvalue weighted by Crippen LogP contribution is -2.62. The van der Waals surface area contributed by atoms with Gasteiger partial charge in [0, 0.05) is 13.2 Å². The summed E-state index contributed by atoms with van der Waals surface area (Å²) in [5, 5.41) is 12.1.